The molecule has 2 atom stereocenters. The van der Waals surface area contributed by atoms with E-state index in [0.717, 1.165) is 38.6 Å². The molecule has 0 bridgehead atoms. The van der Waals surface area contributed by atoms with Crippen LogP contribution in [0.4, 0.5) is 0 Å². The van der Waals surface area contributed by atoms with Crippen molar-refractivity contribution < 1.29 is 4.74 Å². The number of hydrogen-bond donors (Lipinski definition) is 2. The fourth-order valence-electron chi connectivity index (χ4n) is 3.84. The molecule has 5 nitrogen and oxygen atoms in total. The van der Waals surface area contributed by atoms with Crippen molar-refractivity contribution in [1.29, 1.82) is 0 Å². The van der Waals surface area contributed by atoms with Crippen LogP contribution in [-0.2, 0) is 4.74 Å². The van der Waals surface area contributed by atoms with Gasteiger partial charge < -0.3 is 15.4 Å². The lowest BCUT2D eigenvalue weighted by Gasteiger charge is -2.41. The molecule has 6 heteroatoms. The van der Waals surface area contributed by atoms with E-state index in [1.165, 1.54) is 25.8 Å². The highest BCUT2D eigenvalue weighted by molar-refractivity contribution is 14.0. The second-order valence-electron chi connectivity index (χ2n) is 8.07. The van der Waals surface area contributed by atoms with Crippen LogP contribution < -0.4 is 10.6 Å². The van der Waals surface area contributed by atoms with E-state index >= 15 is 0 Å². The lowest BCUT2D eigenvalue weighted by Crippen LogP contribution is -2.47. The highest BCUT2D eigenvalue weighted by Gasteiger charge is 2.37. The summed E-state index contributed by atoms with van der Waals surface area (Å²) in [6.45, 7) is 14.0. The monoisotopic (exact) mass is 466 g/mol. The maximum atomic E-state index is 5.30. The molecule has 2 fully saturated rings. The summed E-state index contributed by atoms with van der Waals surface area (Å²) in [6, 6.07) is 1.10. The minimum absolute atomic E-state index is 0. The van der Waals surface area contributed by atoms with Gasteiger partial charge in [-0.15, -0.1) is 24.0 Å². The normalized spacial score (nSPS) is 26.2. The van der Waals surface area contributed by atoms with E-state index in [2.05, 4.69) is 43.2 Å². The van der Waals surface area contributed by atoms with Crippen molar-refractivity contribution >= 4 is 29.9 Å². The first-order valence-electron chi connectivity index (χ1n) is 9.77. The number of aliphatic imine (C=N–C) groups is 1. The molecule has 1 heterocycles. The van der Waals surface area contributed by atoms with E-state index in [4.69, 9.17) is 9.73 Å². The summed E-state index contributed by atoms with van der Waals surface area (Å²) in [5.74, 6) is 1.64. The Kier molecular flexibility index (Phi) is 10.0. The first kappa shape index (κ1) is 23.0. The van der Waals surface area contributed by atoms with Crippen LogP contribution in [0.1, 0.15) is 53.4 Å². The van der Waals surface area contributed by atoms with E-state index < -0.39 is 0 Å². The van der Waals surface area contributed by atoms with Crippen molar-refractivity contribution in [3.63, 3.8) is 0 Å². The highest BCUT2D eigenvalue weighted by atomic mass is 127. The van der Waals surface area contributed by atoms with Crippen molar-refractivity contribution in [2.24, 2.45) is 16.3 Å². The molecule has 1 saturated carbocycles. The van der Waals surface area contributed by atoms with Crippen LogP contribution >= 0.6 is 24.0 Å². The van der Waals surface area contributed by atoms with E-state index in [9.17, 15) is 0 Å². The summed E-state index contributed by atoms with van der Waals surface area (Å²) in [4.78, 5) is 7.50. The average molecular weight is 466 g/mol. The van der Waals surface area contributed by atoms with Crippen LogP contribution in [0, 0.1) is 11.3 Å². The number of halogens is 1. The topological polar surface area (TPSA) is 48.9 Å². The molecular formula is C19H39IN4O. The maximum Gasteiger partial charge on any atom is 0.191 e. The number of nitrogens with one attached hydrogen (secondary N) is 2. The Morgan fingerprint density at radius 2 is 2.04 bits per heavy atom. The zero-order chi connectivity index (χ0) is 17.6. The summed E-state index contributed by atoms with van der Waals surface area (Å²) < 4.78 is 5.30. The molecule has 0 aromatic rings. The van der Waals surface area contributed by atoms with Gasteiger partial charge in [0, 0.05) is 52.0 Å². The first-order valence-corrected chi connectivity index (χ1v) is 9.77. The SMILES string of the molecule is CCNC(=NCC1(CCOC)CCC1)NC1CN(C(C)C)CC1C.I. The predicted molar refractivity (Wildman–Crippen MR) is 117 cm³/mol. The van der Waals surface area contributed by atoms with Crippen LogP contribution in [0.15, 0.2) is 4.99 Å². The number of likely N-dealkylation sites (tertiary alicyclic amines) is 1. The van der Waals surface area contributed by atoms with Gasteiger partial charge in [0.15, 0.2) is 5.96 Å². The Balaban J connectivity index is 0.00000312. The van der Waals surface area contributed by atoms with E-state index in [-0.39, 0.29) is 24.0 Å². The number of hydrogen-bond acceptors (Lipinski definition) is 3. The molecule has 1 aliphatic heterocycles. The molecule has 0 aromatic heterocycles. The van der Waals surface area contributed by atoms with Gasteiger partial charge in [-0.1, -0.05) is 13.3 Å². The molecule has 2 aliphatic rings. The minimum Gasteiger partial charge on any atom is -0.385 e. The number of guanidine groups is 1. The summed E-state index contributed by atoms with van der Waals surface area (Å²) in [7, 11) is 1.79. The third-order valence-corrected chi connectivity index (χ3v) is 5.86. The quantitative estimate of drug-likeness (QED) is 0.328. The Bertz CT molecular complexity index is 412. The zero-order valence-corrected chi connectivity index (χ0v) is 19.1. The second kappa shape index (κ2) is 10.9. The maximum absolute atomic E-state index is 5.30. The Morgan fingerprint density at radius 3 is 2.52 bits per heavy atom. The first-order chi connectivity index (χ1) is 11.5. The average Bonchev–Trinajstić information content (AvgIpc) is 2.87. The van der Waals surface area contributed by atoms with E-state index in [1.54, 1.807) is 7.11 Å². The fraction of sp³-hybridized carbons (Fsp3) is 0.947. The zero-order valence-electron chi connectivity index (χ0n) is 16.8. The van der Waals surface area contributed by atoms with Gasteiger partial charge in [0.25, 0.3) is 0 Å². The molecule has 0 spiro atoms. The van der Waals surface area contributed by atoms with Crippen LogP contribution in [-0.4, -0.2) is 62.8 Å². The van der Waals surface area contributed by atoms with Gasteiger partial charge in [0.05, 0.1) is 0 Å². The molecule has 0 amide bonds. The predicted octanol–water partition coefficient (Wildman–Crippen LogP) is 3.10. The number of nitrogens with zero attached hydrogens (tertiary/aromatic N) is 2. The largest absolute Gasteiger partial charge is 0.385 e. The van der Waals surface area contributed by atoms with Crippen LogP contribution in [0.2, 0.25) is 0 Å². The van der Waals surface area contributed by atoms with Gasteiger partial charge >= 0.3 is 0 Å². The molecule has 2 unspecified atom stereocenters. The summed E-state index contributed by atoms with van der Waals surface area (Å²) in [6.07, 6.45) is 5.06. The molecular weight excluding hydrogens is 427 g/mol. The van der Waals surface area contributed by atoms with Crippen molar-refractivity contribution in [3.05, 3.63) is 0 Å². The van der Waals surface area contributed by atoms with E-state index in [0.29, 0.717) is 23.4 Å². The highest BCUT2D eigenvalue weighted by Crippen LogP contribution is 2.44. The third kappa shape index (κ3) is 6.54. The third-order valence-electron chi connectivity index (χ3n) is 5.86. The van der Waals surface area contributed by atoms with Crippen molar-refractivity contribution in [2.45, 2.75) is 65.5 Å². The van der Waals surface area contributed by atoms with Gasteiger partial charge in [-0.3, -0.25) is 9.89 Å². The van der Waals surface area contributed by atoms with Gasteiger partial charge in [0.2, 0.25) is 0 Å². The molecule has 0 radical (unpaired) electrons. The Morgan fingerprint density at radius 1 is 1.32 bits per heavy atom. The summed E-state index contributed by atoms with van der Waals surface area (Å²) in [5.41, 5.74) is 0.379. The smallest absolute Gasteiger partial charge is 0.191 e. The molecule has 25 heavy (non-hydrogen) atoms. The Labute approximate surface area is 171 Å². The van der Waals surface area contributed by atoms with Crippen molar-refractivity contribution in [1.82, 2.24) is 15.5 Å². The van der Waals surface area contributed by atoms with Crippen molar-refractivity contribution in [2.75, 3.05) is 39.9 Å². The Hall–Kier alpha value is -0.0800. The number of rotatable bonds is 8. The molecule has 0 aromatic carbocycles. The number of ether oxygens (including phenoxy) is 1. The summed E-state index contributed by atoms with van der Waals surface area (Å²) in [5, 5.41) is 7.13. The second-order valence-corrected chi connectivity index (χ2v) is 8.07. The van der Waals surface area contributed by atoms with Crippen LogP contribution in [0.3, 0.4) is 0 Å². The van der Waals surface area contributed by atoms with Crippen LogP contribution in [0.25, 0.3) is 0 Å². The van der Waals surface area contributed by atoms with Crippen molar-refractivity contribution in [3.8, 4) is 0 Å². The lowest BCUT2D eigenvalue weighted by molar-refractivity contribution is 0.0778. The van der Waals surface area contributed by atoms with Gasteiger partial charge in [0.1, 0.15) is 0 Å². The van der Waals surface area contributed by atoms with Gasteiger partial charge in [-0.2, -0.15) is 0 Å². The minimum atomic E-state index is 0. The fourth-order valence-corrected chi connectivity index (χ4v) is 3.84. The van der Waals surface area contributed by atoms with Gasteiger partial charge in [-0.05, 0) is 51.4 Å². The van der Waals surface area contributed by atoms with Gasteiger partial charge in [-0.25, -0.2) is 0 Å². The summed E-state index contributed by atoms with van der Waals surface area (Å²) >= 11 is 0. The molecule has 1 aliphatic carbocycles. The molecule has 1 saturated heterocycles. The standard InChI is InChI=1S/C19H38N4O.HI/c1-6-20-18(21-14-19(8-7-9-19)10-11-24-5)22-17-13-23(15(2)3)12-16(17)4;/h15-17H,6-14H2,1-5H3,(H2,20,21,22);1H. The lowest BCUT2D eigenvalue weighted by atomic mass is 9.67. The molecule has 2 rings (SSSR count). The molecule has 148 valence electrons. The molecule has 2 N–H and O–H groups in total. The van der Waals surface area contributed by atoms with E-state index in [1.807, 2.05) is 0 Å². The van der Waals surface area contributed by atoms with Crippen LogP contribution in [0.5, 0.6) is 0 Å². The number of methoxy groups -OCH3 is 1.